The topological polar surface area (TPSA) is 75.4 Å². The van der Waals surface area contributed by atoms with Gasteiger partial charge in [-0.1, -0.05) is 50.7 Å². The third kappa shape index (κ3) is 6.12. The first-order chi connectivity index (χ1) is 15.6. The molecule has 3 N–H and O–H groups in total. The quantitative estimate of drug-likeness (QED) is 0.624. The average Bonchev–Trinajstić information content (AvgIpc) is 2.85. The van der Waals surface area contributed by atoms with Crippen LogP contribution in [0.15, 0.2) is 24.3 Å². The summed E-state index contributed by atoms with van der Waals surface area (Å²) >= 11 is 0. The second kappa shape index (κ2) is 11.3. The maximum atomic E-state index is 13.5. The van der Waals surface area contributed by atoms with E-state index in [0.29, 0.717) is 18.5 Å². The van der Waals surface area contributed by atoms with Crippen molar-refractivity contribution in [2.75, 3.05) is 5.32 Å². The van der Waals surface area contributed by atoms with Crippen LogP contribution in [0.25, 0.3) is 0 Å². The van der Waals surface area contributed by atoms with Crippen molar-refractivity contribution in [1.29, 1.82) is 0 Å². The smallest absolute Gasteiger partial charge is 0.227 e. The molecule has 176 valence electrons. The molecule has 0 bridgehead atoms. The van der Waals surface area contributed by atoms with Gasteiger partial charge in [0, 0.05) is 36.2 Å². The number of nitrogens with one attached hydrogen (secondary N) is 1. The maximum Gasteiger partial charge on any atom is 0.227 e. The highest BCUT2D eigenvalue weighted by molar-refractivity contribution is 5.92. The van der Waals surface area contributed by atoms with Crippen molar-refractivity contribution >= 4 is 17.5 Å². The summed E-state index contributed by atoms with van der Waals surface area (Å²) in [5.74, 6) is 0.850. The summed E-state index contributed by atoms with van der Waals surface area (Å²) < 4.78 is 0. The van der Waals surface area contributed by atoms with Gasteiger partial charge >= 0.3 is 0 Å². The number of hydrogen-bond donors (Lipinski definition) is 2. The molecular weight excluding hydrogens is 398 g/mol. The second-order valence-corrected chi connectivity index (χ2v) is 10.4. The van der Waals surface area contributed by atoms with Crippen molar-refractivity contribution in [1.82, 2.24) is 4.90 Å². The molecule has 2 amide bonds. The van der Waals surface area contributed by atoms with Gasteiger partial charge in [-0.25, -0.2) is 0 Å². The van der Waals surface area contributed by atoms with Crippen LogP contribution in [0.1, 0.15) is 95.5 Å². The molecule has 0 heterocycles. The third-order valence-corrected chi connectivity index (χ3v) is 7.97. The van der Waals surface area contributed by atoms with Crippen LogP contribution in [0.3, 0.4) is 0 Å². The minimum atomic E-state index is 0.157. The van der Waals surface area contributed by atoms with Gasteiger partial charge in [-0.15, -0.1) is 0 Å². The minimum Gasteiger partial charge on any atom is -0.335 e. The Kier molecular flexibility index (Phi) is 8.23. The lowest BCUT2D eigenvalue weighted by molar-refractivity contribution is -0.140. The fraction of sp³-hybridized carbons (Fsp3) is 0.704. The number of hydrogen-bond acceptors (Lipinski definition) is 3. The van der Waals surface area contributed by atoms with Gasteiger partial charge in [-0.3, -0.25) is 9.59 Å². The zero-order valence-corrected chi connectivity index (χ0v) is 19.6. The van der Waals surface area contributed by atoms with Crippen molar-refractivity contribution in [2.45, 2.75) is 109 Å². The van der Waals surface area contributed by atoms with Crippen LogP contribution in [-0.2, 0) is 16.1 Å². The summed E-state index contributed by atoms with van der Waals surface area (Å²) in [7, 11) is 0. The van der Waals surface area contributed by atoms with E-state index in [1.165, 1.54) is 25.7 Å². The normalized spacial score (nSPS) is 25.3. The Labute approximate surface area is 193 Å². The van der Waals surface area contributed by atoms with E-state index in [4.69, 9.17) is 5.73 Å². The summed E-state index contributed by atoms with van der Waals surface area (Å²) in [6, 6.07) is 8.73. The molecular formula is C27H41N3O2. The van der Waals surface area contributed by atoms with Gasteiger partial charge in [0.1, 0.15) is 0 Å². The molecule has 0 aliphatic heterocycles. The number of anilines is 1. The Balaban J connectivity index is 1.40. The number of nitrogens with zero attached hydrogens (tertiary/aromatic N) is 1. The number of amides is 2. The van der Waals surface area contributed by atoms with Crippen molar-refractivity contribution in [3.05, 3.63) is 29.8 Å². The number of benzene rings is 1. The molecule has 3 aliphatic rings. The van der Waals surface area contributed by atoms with Crippen LogP contribution in [0.5, 0.6) is 0 Å². The molecule has 0 saturated heterocycles. The van der Waals surface area contributed by atoms with Gasteiger partial charge in [0.05, 0.1) is 0 Å². The van der Waals surface area contributed by atoms with E-state index in [1.54, 1.807) is 0 Å². The highest BCUT2D eigenvalue weighted by Crippen LogP contribution is 2.31. The molecule has 0 aromatic heterocycles. The largest absolute Gasteiger partial charge is 0.335 e. The van der Waals surface area contributed by atoms with Gasteiger partial charge < -0.3 is 16.0 Å². The van der Waals surface area contributed by atoms with Crippen molar-refractivity contribution in [2.24, 2.45) is 17.6 Å². The minimum absolute atomic E-state index is 0.157. The van der Waals surface area contributed by atoms with Gasteiger partial charge in [-0.2, -0.15) is 0 Å². The van der Waals surface area contributed by atoms with Crippen LogP contribution in [0.4, 0.5) is 5.69 Å². The predicted molar refractivity (Wildman–Crippen MR) is 129 cm³/mol. The number of nitrogens with two attached hydrogens (primary N) is 1. The zero-order valence-electron chi connectivity index (χ0n) is 19.6. The summed E-state index contributed by atoms with van der Waals surface area (Å²) in [6.45, 7) is 0.659. The number of carbonyl (C=O) groups is 2. The van der Waals surface area contributed by atoms with E-state index in [9.17, 15) is 9.59 Å². The maximum absolute atomic E-state index is 13.5. The summed E-state index contributed by atoms with van der Waals surface area (Å²) in [5, 5.41) is 3.10. The summed E-state index contributed by atoms with van der Waals surface area (Å²) in [4.78, 5) is 28.2. The van der Waals surface area contributed by atoms with Crippen LogP contribution >= 0.6 is 0 Å². The fourth-order valence-corrected chi connectivity index (χ4v) is 5.88. The Hall–Kier alpha value is -1.88. The molecule has 3 aliphatic carbocycles. The first kappa shape index (κ1) is 23.3. The molecule has 0 radical (unpaired) electrons. The summed E-state index contributed by atoms with van der Waals surface area (Å²) in [6.07, 6.45) is 15.3. The molecule has 1 aromatic carbocycles. The van der Waals surface area contributed by atoms with Gasteiger partial charge in [-0.05, 0) is 69.1 Å². The molecule has 0 unspecified atom stereocenters. The van der Waals surface area contributed by atoms with E-state index in [-0.39, 0.29) is 23.8 Å². The molecule has 5 heteroatoms. The molecule has 5 nitrogen and oxygen atoms in total. The van der Waals surface area contributed by atoms with E-state index in [0.717, 1.165) is 75.5 Å². The SMILES string of the molecule is NC1CCC(N(Cc2ccc(NC(=O)C3CCCCC3)cc2)C(=O)C2CCCCC2)CC1. The highest BCUT2D eigenvalue weighted by Gasteiger charge is 2.32. The Morgan fingerprint density at radius 1 is 0.781 bits per heavy atom. The standard InChI is InChI=1S/C27H41N3O2/c28-23-13-17-25(18-14-23)30(27(32)22-9-5-2-6-10-22)19-20-11-15-24(16-12-20)29-26(31)21-7-3-1-4-8-21/h11-12,15-16,21-23,25H,1-10,13-14,17-19,28H2,(H,29,31). The number of carbonyl (C=O) groups excluding carboxylic acids is 2. The molecule has 1 aromatic rings. The average molecular weight is 440 g/mol. The summed E-state index contributed by atoms with van der Waals surface area (Å²) in [5.41, 5.74) is 8.14. The van der Waals surface area contributed by atoms with Gasteiger partial charge in [0.2, 0.25) is 11.8 Å². The van der Waals surface area contributed by atoms with Crippen LogP contribution in [0.2, 0.25) is 0 Å². The van der Waals surface area contributed by atoms with Gasteiger partial charge in [0.15, 0.2) is 0 Å². The van der Waals surface area contributed by atoms with E-state index in [1.807, 2.05) is 12.1 Å². The van der Waals surface area contributed by atoms with Crippen LogP contribution < -0.4 is 11.1 Å². The van der Waals surface area contributed by atoms with E-state index >= 15 is 0 Å². The van der Waals surface area contributed by atoms with Crippen molar-refractivity contribution < 1.29 is 9.59 Å². The lowest BCUT2D eigenvalue weighted by Gasteiger charge is -2.39. The van der Waals surface area contributed by atoms with Crippen molar-refractivity contribution in [3.63, 3.8) is 0 Å². The van der Waals surface area contributed by atoms with E-state index in [2.05, 4.69) is 22.3 Å². The lowest BCUT2D eigenvalue weighted by atomic mass is 9.85. The number of rotatable bonds is 6. The third-order valence-electron chi connectivity index (χ3n) is 7.97. The fourth-order valence-electron chi connectivity index (χ4n) is 5.88. The Morgan fingerprint density at radius 2 is 1.34 bits per heavy atom. The van der Waals surface area contributed by atoms with Crippen LogP contribution in [-0.4, -0.2) is 28.8 Å². The molecule has 0 spiro atoms. The monoisotopic (exact) mass is 439 g/mol. The Morgan fingerprint density at radius 3 is 1.94 bits per heavy atom. The molecule has 0 atom stereocenters. The second-order valence-electron chi connectivity index (χ2n) is 10.4. The predicted octanol–water partition coefficient (Wildman–Crippen LogP) is 5.38. The van der Waals surface area contributed by atoms with E-state index < -0.39 is 0 Å². The molecule has 32 heavy (non-hydrogen) atoms. The molecule has 3 fully saturated rings. The van der Waals surface area contributed by atoms with Gasteiger partial charge in [0.25, 0.3) is 0 Å². The van der Waals surface area contributed by atoms with Crippen LogP contribution in [0, 0.1) is 11.8 Å². The van der Waals surface area contributed by atoms with Crippen molar-refractivity contribution in [3.8, 4) is 0 Å². The zero-order chi connectivity index (χ0) is 22.3. The molecule has 4 rings (SSSR count). The Bertz CT molecular complexity index is 743. The first-order valence-electron chi connectivity index (χ1n) is 13.1. The molecule has 3 saturated carbocycles. The lowest BCUT2D eigenvalue weighted by Crippen LogP contribution is -2.46. The highest BCUT2D eigenvalue weighted by atomic mass is 16.2. The first-order valence-corrected chi connectivity index (χ1v) is 13.1.